The molecule has 0 heterocycles. The predicted octanol–water partition coefficient (Wildman–Crippen LogP) is -5.28. The van der Waals surface area contributed by atoms with Crippen molar-refractivity contribution in [3.8, 4) is 0 Å². The molecule has 0 bridgehead atoms. The van der Waals surface area contributed by atoms with Crippen LogP contribution in [-0.2, 0) is 18.6 Å². The van der Waals surface area contributed by atoms with E-state index >= 15 is 0 Å². The molecule has 3 aromatic carbocycles. The fourth-order valence-electron chi connectivity index (χ4n) is 1.90. The van der Waals surface area contributed by atoms with E-state index in [1.807, 2.05) is 0 Å². The van der Waals surface area contributed by atoms with Crippen molar-refractivity contribution in [2.75, 3.05) is 0 Å². The zero-order valence-electron chi connectivity index (χ0n) is 8.78. The number of fused-ring (bicyclic) bond motifs is 3. The minimum Gasteiger partial charge on any atom is -1.00 e. The van der Waals surface area contributed by atoms with Crippen LogP contribution < -0.4 is 37.2 Å². The minimum atomic E-state index is 0. The first-order chi connectivity index (χ1) is 6.45. The van der Waals surface area contributed by atoms with Gasteiger partial charge in [0.1, 0.15) is 0 Å². The molecule has 0 spiro atoms. The molecule has 0 unspecified atom stereocenters. The maximum Gasteiger partial charge on any atom is 4.00 e. The molecule has 17 heavy (non-hydrogen) atoms. The molecule has 0 amide bonds. The van der Waals surface area contributed by atoms with Crippen LogP contribution in [0.2, 0.25) is 0 Å². The first-order valence-corrected chi connectivity index (χ1v) is 4.48. The molecule has 0 saturated carbocycles. The molecule has 0 N–H and O–H groups in total. The number of rotatable bonds is 0. The monoisotopic (exact) mass is 321 g/mol. The Morgan fingerprint density at radius 1 is 0.588 bits per heavy atom. The summed E-state index contributed by atoms with van der Waals surface area (Å²) < 4.78 is 0. The zero-order valence-corrected chi connectivity index (χ0v) is 12.4. The predicted molar refractivity (Wildman–Crippen MR) is 57.0 cm³/mol. The Labute approximate surface area is 131 Å². The van der Waals surface area contributed by atoms with Gasteiger partial charge in [0.25, 0.3) is 0 Å². The summed E-state index contributed by atoms with van der Waals surface area (Å²) in [7, 11) is 0. The Kier molecular flexibility index (Phi) is 8.96. The average molecular weight is 323 g/mol. The summed E-state index contributed by atoms with van der Waals surface area (Å²) >= 11 is 0. The summed E-state index contributed by atoms with van der Waals surface area (Å²) in [5.74, 6) is 0. The second kappa shape index (κ2) is 7.97. The number of benzene rings is 2. The van der Waals surface area contributed by atoms with Gasteiger partial charge >= 0.3 is 18.6 Å². The summed E-state index contributed by atoms with van der Waals surface area (Å²) in [4.78, 5) is 0. The molecule has 0 fully saturated rings. The average Bonchev–Trinajstić information content (AvgIpc) is 2.56. The summed E-state index contributed by atoms with van der Waals surface area (Å²) in [5.41, 5.74) is 0. The van der Waals surface area contributed by atoms with Gasteiger partial charge in [0, 0.05) is 0 Å². The van der Waals surface area contributed by atoms with Crippen LogP contribution in [0.3, 0.4) is 0 Å². The molecule has 4 heteroatoms. The third-order valence-corrected chi connectivity index (χ3v) is 2.52. The number of hydrogen-bond acceptors (Lipinski definition) is 0. The van der Waals surface area contributed by atoms with E-state index in [1.165, 1.54) is 21.5 Å². The third-order valence-electron chi connectivity index (χ3n) is 2.52. The first kappa shape index (κ1) is 19.1. The van der Waals surface area contributed by atoms with Crippen molar-refractivity contribution in [3.63, 3.8) is 0 Å². The number of hydrogen-bond donors (Lipinski definition) is 0. The SMILES string of the molecule is [Cl-].[Cl-].[Cl-].[V+4].c1ccc2c(c1)[cH-]c1ccccc12. The molecule has 0 aliphatic rings. The maximum atomic E-state index is 2.24. The van der Waals surface area contributed by atoms with Gasteiger partial charge in [-0.25, -0.2) is 0 Å². The van der Waals surface area contributed by atoms with Crippen molar-refractivity contribution >= 4 is 21.5 Å². The van der Waals surface area contributed by atoms with Crippen molar-refractivity contribution in [1.82, 2.24) is 0 Å². The van der Waals surface area contributed by atoms with Crippen molar-refractivity contribution < 1.29 is 55.8 Å². The Morgan fingerprint density at radius 2 is 0.941 bits per heavy atom. The van der Waals surface area contributed by atoms with Gasteiger partial charge in [0.2, 0.25) is 0 Å². The van der Waals surface area contributed by atoms with Crippen LogP contribution >= 0.6 is 0 Å². The van der Waals surface area contributed by atoms with Crippen LogP contribution in [0.4, 0.5) is 0 Å². The molecule has 0 saturated heterocycles. The molecule has 0 atom stereocenters. The molecule has 3 rings (SSSR count). The maximum absolute atomic E-state index is 2.24. The van der Waals surface area contributed by atoms with Crippen LogP contribution in [0, 0.1) is 0 Å². The van der Waals surface area contributed by atoms with E-state index < -0.39 is 0 Å². The van der Waals surface area contributed by atoms with Crippen LogP contribution in [0.25, 0.3) is 21.5 Å². The van der Waals surface area contributed by atoms with Crippen LogP contribution in [0.1, 0.15) is 0 Å². The summed E-state index contributed by atoms with van der Waals surface area (Å²) in [6.45, 7) is 0. The minimum absolute atomic E-state index is 0. The van der Waals surface area contributed by atoms with Crippen molar-refractivity contribution in [2.24, 2.45) is 0 Å². The molecule has 87 valence electrons. The van der Waals surface area contributed by atoms with Gasteiger partial charge in [-0.1, -0.05) is 36.4 Å². The summed E-state index contributed by atoms with van der Waals surface area (Å²) in [6, 6.07) is 19.3. The first-order valence-electron chi connectivity index (χ1n) is 4.48. The molecule has 1 radical (unpaired) electrons. The van der Waals surface area contributed by atoms with Gasteiger partial charge in [0.15, 0.2) is 0 Å². The van der Waals surface area contributed by atoms with E-state index in [2.05, 4.69) is 54.6 Å². The Hall–Kier alpha value is -0.236. The second-order valence-electron chi connectivity index (χ2n) is 3.32. The van der Waals surface area contributed by atoms with E-state index in [0.717, 1.165) is 0 Å². The Balaban J connectivity index is 0. The normalized spacial score (nSPS) is 8.47. The Morgan fingerprint density at radius 3 is 1.35 bits per heavy atom. The van der Waals surface area contributed by atoms with Gasteiger partial charge in [-0.15, -0.1) is 39.7 Å². The molecular weight excluding hydrogens is 313 g/mol. The van der Waals surface area contributed by atoms with Crippen molar-refractivity contribution in [3.05, 3.63) is 54.6 Å². The molecular formula is C13H9Cl3V. The van der Waals surface area contributed by atoms with Crippen LogP contribution in [0.15, 0.2) is 54.6 Å². The third kappa shape index (κ3) is 3.37. The molecule has 0 aliphatic carbocycles. The van der Waals surface area contributed by atoms with Crippen LogP contribution in [-0.4, -0.2) is 0 Å². The van der Waals surface area contributed by atoms with Gasteiger partial charge in [-0.3, -0.25) is 0 Å². The molecule has 3 aromatic rings. The van der Waals surface area contributed by atoms with Crippen LogP contribution in [0.5, 0.6) is 0 Å². The van der Waals surface area contributed by atoms with E-state index in [1.54, 1.807) is 0 Å². The topological polar surface area (TPSA) is 0 Å². The molecule has 0 aliphatic heterocycles. The van der Waals surface area contributed by atoms with E-state index in [0.29, 0.717) is 0 Å². The molecule has 0 aromatic heterocycles. The van der Waals surface area contributed by atoms with E-state index in [9.17, 15) is 0 Å². The van der Waals surface area contributed by atoms with Crippen molar-refractivity contribution in [2.45, 2.75) is 0 Å². The molecule has 0 nitrogen and oxygen atoms in total. The van der Waals surface area contributed by atoms with Crippen molar-refractivity contribution in [1.29, 1.82) is 0 Å². The second-order valence-corrected chi connectivity index (χ2v) is 3.32. The zero-order chi connectivity index (χ0) is 8.67. The number of halogens is 3. The summed E-state index contributed by atoms with van der Waals surface area (Å²) in [5, 5.41) is 5.39. The van der Waals surface area contributed by atoms with E-state index in [-0.39, 0.29) is 55.8 Å². The summed E-state index contributed by atoms with van der Waals surface area (Å²) in [6.07, 6.45) is 0. The largest absolute Gasteiger partial charge is 4.00 e. The van der Waals surface area contributed by atoms with Gasteiger partial charge in [-0.2, -0.15) is 0 Å². The fraction of sp³-hybridized carbons (Fsp3) is 0. The van der Waals surface area contributed by atoms with Gasteiger partial charge in [-0.05, 0) is 0 Å². The fourth-order valence-corrected chi connectivity index (χ4v) is 1.90. The standard InChI is InChI=1S/C13H9.3ClH.V/c1-3-7-12-10(5-1)9-11-6-2-4-8-13(11)12;;;;/h1-9H;3*1H;/q-1;;;;+4/p-3. The smallest absolute Gasteiger partial charge is 1.00 e. The Bertz CT molecular complexity index is 524. The van der Waals surface area contributed by atoms with Gasteiger partial charge < -0.3 is 37.2 Å². The van der Waals surface area contributed by atoms with Gasteiger partial charge in [0.05, 0.1) is 0 Å². The quantitative estimate of drug-likeness (QED) is 0.363. The van der Waals surface area contributed by atoms with E-state index in [4.69, 9.17) is 0 Å².